The summed E-state index contributed by atoms with van der Waals surface area (Å²) in [6.45, 7) is 0. The molecular weight excluding hydrogens is 376 g/mol. The second-order valence-electron chi connectivity index (χ2n) is 6.25. The Morgan fingerprint density at radius 2 is 1.75 bits per heavy atom. The molecule has 0 aliphatic carbocycles. The predicted molar refractivity (Wildman–Crippen MR) is 108 cm³/mol. The van der Waals surface area contributed by atoms with Crippen LogP contribution in [0.1, 0.15) is 27.7 Å². The van der Waals surface area contributed by atoms with Crippen molar-refractivity contribution < 1.29 is 13.9 Å². The van der Waals surface area contributed by atoms with Crippen molar-refractivity contribution in [1.29, 1.82) is 0 Å². The second kappa shape index (κ2) is 7.74. The van der Waals surface area contributed by atoms with Crippen LogP contribution in [0.25, 0.3) is 11.0 Å². The first-order chi connectivity index (χ1) is 13.6. The molecule has 4 aromatic rings. The van der Waals surface area contributed by atoms with Crippen LogP contribution >= 0.6 is 11.6 Å². The van der Waals surface area contributed by atoms with Gasteiger partial charge in [-0.1, -0.05) is 23.7 Å². The third-order valence-electron chi connectivity index (χ3n) is 4.47. The average molecular weight is 393 g/mol. The first-order valence-electron chi connectivity index (χ1n) is 8.68. The smallest absolute Gasteiger partial charge is 0.287 e. The molecule has 0 bridgehead atoms. The first-order valence-corrected chi connectivity index (χ1v) is 9.05. The van der Waals surface area contributed by atoms with E-state index in [1.807, 2.05) is 36.4 Å². The van der Waals surface area contributed by atoms with Crippen LogP contribution in [0.4, 0.5) is 0 Å². The van der Waals surface area contributed by atoms with Crippen molar-refractivity contribution >= 4 is 28.5 Å². The minimum atomic E-state index is -0.363. The number of benzene rings is 2. The Labute approximate surface area is 166 Å². The van der Waals surface area contributed by atoms with Crippen molar-refractivity contribution in [1.82, 2.24) is 10.3 Å². The number of hydrogen-bond acceptors (Lipinski definition) is 4. The number of nitrogens with zero attached hydrogens (tertiary/aromatic N) is 1. The quantitative estimate of drug-likeness (QED) is 0.518. The van der Waals surface area contributed by atoms with Gasteiger partial charge in [0.15, 0.2) is 5.76 Å². The van der Waals surface area contributed by atoms with Crippen molar-refractivity contribution in [2.75, 3.05) is 7.11 Å². The molecule has 5 nitrogen and oxygen atoms in total. The highest BCUT2D eigenvalue weighted by Crippen LogP contribution is 2.26. The Morgan fingerprint density at radius 1 is 1.04 bits per heavy atom. The van der Waals surface area contributed by atoms with Gasteiger partial charge in [0.1, 0.15) is 11.3 Å². The summed E-state index contributed by atoms with van der Waals surface area (Å²) in [6, 6.07) is 17.9. The van der Waals surface area contributed by atoms with Crippen LogP contribution in [0.5, 0.6) is 5.75 Å². The molecule has 0 fully saturated rings. The van der Waals surface area contributed by atoms with Gasteiger partial charge in [0.25, 0.3) is 5.91 Å². The molecule has 1 unspecified atom stereocenters. The van der Waals surface area contributed by atoms with Gasteiger partial charge in [0.2, 0.25) is 0 Å². The molecule has 0 saturated heterocycles. The van der Waals surface area contributed by atoms with E-state index in [2.05, 4.69) is 10.3 Å². The molecular formula is C22H17ClN2O3. The van der Waals surface area contributed by atoms with Gasteiger partial charge in [-0.25, -0.2) is 0 Å². The largest absolute Gasteiger partial charge is 0.497 e. The van der Waals surface area contributed by atoms with E-state index < -0.39 is 0 Å². The molecule has 2 aromatic carbocycles. The summed E-state index contributed by atoms with van der Waals surface area (Å²) < 4.78 is 10.9. The minimum absolute atomic E-state index is 0.227. The van der Waals surface area contributed by atoms with Gasteiger partial charge >= 0.3 is 0 Å². The molecule has 0 saturated carbocycles. The summed E-state index contributed by atoms with van der Waals surface area (Å²) in [5.41, 5.74) is 2.44. The van der Waals surface area contributed by atoms with Crippen LogP contribution in [-0.4, -0.2) is 18.0 Å². The Kier molecular flexibility index (Phi) is 5.00. The van der Waals surface area contributed by atoms with Crippen LogP contribution in [-0.2, 0) is 0 Å². The van der Waals surface area contributed by atoms with E-state index in [0.717, 1.165) is 22.3 Å². The number of carbonyl (C=O) groups is 1. The zero-order valence-corrected chi connectivity index (χ0v) is 15.8. The first kappa shape index (κ1) is 18.1. The standard InChI is InChI=1S/C22H17ClN2O3/c1-27-18-5-2-14(3-6-18)21(15-8-10-24-11-9-15)25-22(26)20-13-16-12-17(23)4-7-19(16)28-20/h2-13,21H,1H3,(H,25,26). The van der Waals surface area contributed by atoms with E-state index in [-0.39, 0.29) is 17.7 Å². The maximum Gasteiger partial charge on any atom is 0.287 e. The number of rotatable bonds is 5. The van der Waals surface area contributed by atoms with Crippen molar-refractivity contribution in [2.24, 2.45) is 0 Å². The molecule has 4 rings (SSSR count). The topological polar surface area (TPSA) is 64.4 Å². The highest BCUT2D eigenvalue weighted by molar-refractivity contribution is 6.31. The number of fused-ring (bicyclic) bond motifs is 1. The molecule has 1 amide bonds. The molecule has 0 aliphatic rings. The second-order valence-corrected chi connectivity index (χ2v) is 6.69. The van der Waals surface area contributed by atoms with Crippen LogP contribution in [0.3, 0.4) is 0 Å². The van der Waals surface area contributed by atoms with E-state index in [4.69, 9.17) is 20.8 Å². The zero-order chi connectivity index (χ0) is 19.5. The van der Waals surface area contributed by atoms with E-state index in [1.54, 1.807) is 43.8 Å². The zero-order valence-electron chi connectivity index (χ0n) is 15.1. The number of pyridine rings is 1. The number of carbonyl (C=O) groups excluding carboxylic acids is 1. The van der Waals surface area contributed by atoms with Gasteiger partial charge in [0, 0.05) is 22.8 Å². The summed E-state index contributed by atoms with van der Waals surface area (Å²) in [7, 11) is 1.62. The molecule has 2 heterocycles. The van der Waals surface area contributed by atoms with Crippen LogP contribution in [0, 0.1) is 0 Å². The number of amides is 1. The highest BCUT2D eigenvalue weighted by atomic mass is 35.5. The molecule has 2 aromatic heterocycles. The highest BCUT2D eigenvalue weighted by Gasteiger charge is 2.20. The normalized spacial score (nSPS) is 11.9. The Bertz CT molecular complexity index is 1110. The van der Waals surface area contributed by atoms with Gasteiger partial charge in [0.05, 0.1) is 13.2 Å². The summed E-state index contributed by atoms with van der Waals surface area (Å²) in [5.74, 6) is 0.660. The Morgan fingerprint density at radius 3 is 2.46 bits per heavy atom. The van der Waals surface area contributed by atoms with E-state index >= 15 is 0 Å². The maximum atomic E-state index is 12.9. The van der Waals surface area contributed by atoms with Crippen molar-refractivity contribution in [2.45, 2.75) is 6.04 Å². The van der Waals surface area contributed by atoms with E-state index in [9.17, 15) is 4.79 Å². The van der Waals surface area contributed by atoms with Gasteiger partial charge < -0.3 is 14.5 Å². The Hall–Kier alpha value is -3.31. The van der Waals surface area contributed by atoms with Crippen LogP contribution in [0.15, 0.2) is 77.5 Å². The third kappa shape index (κ3) is 3.70. The van der Waals surface area contributed by atoms with Crippen LogP contribution in [0.2, 0.25) is 5.02 Å². The summed E-state index contributed by atoms with van der Waals surface area (Å²) >= 11 is 6.02. The number of aromatic nitrogens is 1. The van der Waals surface area contributed by atoms with E-state index in [0.29, 0.717) is 10.6 Å². The number of nitrogens with one attached hydrogen (secondary N) is 1. The van der Waals surface area contributed by atoms with Crippen LogP contribution < -0.4 is 10.1 Å². The van der Waals surface area contributed by atoms with Crippen molar-refractivity contribution in [3.63, 3.8) is 0 Å². The summed E-state index contributed by atoms with van der Waals surface area (Å²) in [4.78, 5) is 17.0. The fraction of sp³-hybridized carbons (Fsp3) is 0.0909. The fourth-order valence-corrected chi connectivity index (χ4v) is 3.22. The summed E-state index contributed by atoms with van der Waals surface area (Å²) in [6.07, 6.45) is 3.39. The summed E-state index contributed by atoms with van der Waals surface area (Å²) in [5, 5.41) is 4.42. The number of halogens is 1. The van der Waals surface area contributed by atoms with Gasteiger partial charge in [-0.2, -0.15) is 0 Å². The number of furan rings is 1. The lowest BCUT2D eigenvalue weighted by atomic mass is 9.99. The minimum Gasteiger partial charge on any atom is -0.497 e. The van der Waals surface area contributed by atoms with Gasteiger partial charge in [-0.3, -0.25) is 9.78 Å². The molecule has 140 valence electrons. The fourth-order valence-electron chi connectivity index (χ4n) is 3.04. The number of methoxy groups -OCH3 is 1. The van der Waals surface area contributed by atoms with Crippen molar-refractivity contribution in [3.8, 4) is 5.75 Å². The molecule has 0 radical (unpaired) electrons. The van der Waals surface area contributed by atoms with Gasteiger partial charge in [-0.15, -0.1) is 0 Å². The molecule has 1 atom stereocenters. The SMILES string of the molecule is COc1ccc(C(NC(=O)c2cc3cc(Cl)ccc3o2)c2ccncc2)cc1. The number of ether oxygens (including phenoxy) is 1. The number of hydrogen-bond donors (Lipinski definition) is 1. The molecule has 0 spiro atoms. The molecule has 28 heavy (non-hydrogen) atoms. The monoisotopic (exact) mass is 392 g/mol. The lowest BCUT2D eigenvalue weighted by Gasteiger charge is -2.19. The Balaban J connectivity index is 1.66. The lowest BCUT2D eigenvalue weighted by Crippen LogP contribution is -2.29. The van der Waals surface area contributed by atoms with Gasteiger partial charge in [-0.05, 0) is 59.7 Å². The van der Waals surface area contributed by atoms with Crippen molar-refractivity contribution in [3.05, 3.63) is 95.0 Å². The molecule has 6 heteroatoms. The lowest BCUT2D eigenvalue weighted by molar-refractivity contribution is 0.0917. The molecule has 1 N–H and O–H groups in total. The third-order valence-corrected chi connectivity index (χ3v) is 4.70. The average Bonchev–Trinajstić information content (AvgIpc) is 3.16. The maximum absolute atomic E-state index is 12.9. The molecule has 0 aliphatic heterocycles. The predicted octanol–water partition coefficient (Wildman–Crippen LogP) is 5.01. The van der Waals surface area contributed by atoms with E-state index in [1.165, 1.54) is 0 Å².